The highest BCUT2D eigenvalue weighted by atomic mass is 16.5. The van der Waals surface area contributed by atoms with E-state index in [2.05, 4.69) is 20.9 Å². The van der Waals surface area contributed by atoms with Crippen LogP contribution in [0.15, 0.2) is 12.4 Å². The van der Waals surface area contributed by atoms with Crippen LogP contribution in [-0.2, 0) is 9.53 Å². The first kappa shape index (κ1) is 13.3. The van der Waals surface area contributed by atoms with Crippen molar-refractivity contribution in [2.45, 2.75) is 38.5 Å². The van der Waals surface area contributed by atoms with Gasteiger partial charge in [0, 0.05) is 30.8 Å². The van der Waals surface area contributed by atoms with Crippen LogP contribution in [-0.4, -0.2) is 35.6 Å². The summed E-state index contributed by atoms with van der Waals surface area (Å²) in [6.45, 7) is 4.05. The maximum Gasteiger partial charge on any atom is 0.309 e. The monoisotopic (exact) mass is 275 g/mol. The van der Waals surface area contributed by atoms with Gasteiger partial charge in [0.2, 0.25) is 0 Å². The molecule has 0 spiro atoms. The first-order chi connectivity index (χ1) is 9.78. The van der Waals surface area contributed by atoms with E-state index >= 15 is 0 Å². The van der Waals surface area contributed by atoms with Crippen molar-refractivity contribution in [1.29, 1.82) is 0 Å². The highest BCUT2D eigenvalue weighted by molar-refractivity contribution is 5.72. The van der Waals surface area contributed by atoms with E-state index in [1.165, 1.54) is 18.5 Å². The molecule has 2 aliphatic rings. The average Bonchev–Trinajstić information content (AvgIpc) is 3.33. The van der Waals surface area contributed by atoms with Crippen molar-refractivity contribution in [2.24, 2.45) is 5.92 Å². The molecular weight excluding hydrogens is 254 g/mol. The molecule has 5 heteroatoms. The van der Waals surface area contributed by atoms with Crippen molar-refractivity contribution in [3.63, 3.8) is 0 Å². The summed E-state index contributed by atoms with van der Waals surface area (Å²) in [7, 11) is 0. The van der Waals surface area contributed by atoms with Gasteiger partial charge in [0.1, 0.15) is 12.1 Å². The molecule has 0 N–H and O–H groups in total. The number of ether oxygens (including phenoxy) is 1. The minimum atomic E-state index is -0.0477. The predicted molar refractivity (Wildman–Crippen MR) is 75.6 cm³/mol. The number of hydrogen-bond donors (Lipinski definition) is 0. The predicted octanol–water partition coefficient (Wildman–Crippen LogP) is 2.13. The standard InChI is InChI=1S/C15H21N3O2/c1-2-20-15(19)12-5-7-18(8-6-12)14-9-13(11-3-4-11)16-10-17-14/h9-12H,2-8H2,1H3. The van der Waals surface area contributed by atoms with Crippen LogP contribution in [0.4, 0.5) is 5.82 Å². The van der Waals surface area contributed by atoms with Crippen LogP contribution < -0.4 is 4.90 Å². The second-order valence-corrected chi connectivity index (χ2v) is 5.59. The molecule has 1 aromatic heterocycles. The van der Waals surface area contributed by atoms with Gasteiger partial charge in [-0.1, -0.05) is 0 Å². The fourth-order valence-electron chi connectivity index (χ4n) is 2.74. The second kappa shape index (κ2) is 5.77. The van der Waals surface area contributed by atoms with E-state index < -0.39 is 0 Å². The van der Waals surface area contributed by atoms with Gasteiger partial charge in [-0.05, 0) is 32.6 Å². The molecule has 0 aromatic carbocycles. The van der Waals surface area contributed by atoms with Crippen molar-refractivity contribution >= 4 is 11.8 Å². The largest absolute Gasteiger partial charge is 0.466 e. The third-order valence-electron chi connectivity index (χ3n) is 4.11. The van der Waals surface area contributed by atoms with Gasteiger partial charge in [0.15, 0.2) is 0 Å². The molecule has 20 heavy (non-hydrogen) atoms. The van der Waals surface area contributed by atoms with E-state index in [1.807, 2.05) is 6.92 Å². The average molecular weight is 275 g/mol. The highest BCUT2D eigenvalue weighted by Crippen LogP contribution is 2.39. The van der Waals surface area contributed by atoms with E-state index in [9.17, 15) is 4.79 Å². The van der Waals surface area contributed by atoms with Crippen molar-refractivity contribution in [2.75, 3.05) is 24.6 Å². The highest BCUT2D eigenvalue weighted by Gasteiger charge is 2.28. The summed E-state index contributed by atoms with van der Waals surface area (Å²) in [6, 6.07) is 2.11. The number of carbonyl (C=O) groups is 1. The molecule has 1 saturated carbocycles. The summed E-state index contributed by atoms with van der Waals surface area (Å²) in [5.41, 5.74) is 1.17. The zero-order valence-electron chi connectivity index (χ0n) is 11.9. The van der Waals surface area contributed by atoms with E-state index in [4.69, 9.17) is 4.74 Å². The Kier molecular flexibility index (Phi) is 3.85. The molecule has 0 atom stereocenters. The Morgan fingerprint density at radius 1 is 1.30 bits per heavy atom. The third kappa shape index (κ3) is 2.92. The number of carbonyl (C=O) groups excluding carboxylic acids is 1. The van der Waals surface area contributed by atoms with Gasteiger partial charge in [0.05, 0.1) is 12.5 Å². The number of piperidine rings is 1. The third-order valence-corrected chi connectivity index (χ3v) is 4.11. The lowest BCUT2D eigenvalue weighted by Crippen LogP contribution is -2.37. The van der Waals surface area contributed by atoms with Crippen LogP contribution >= 0.6 is 0 Å². The number of nitrogens with zero attached hydrogens (tertiary/aromatic N) is 3. The molecule has 0 bridgehead atoms. The molecule has 1 saturated heterocycles. The molecule has 2 fully saturated rings. The molecule has 1 aliphatic heterocycles. The molecule has 2 heterocycles. The number of aromatic nitrogens is 2. The van der Waals surface area contributed by atoms with E-state index in [1.54, 1.807) is 6.33 Å². The fourth-order valence-corrected chi connectivity index (χ4v) is 2.74. The van der Waals surface area contributed by atoms with Crippen molar-refractivity contribution in [1.82, 2.24) is 9.97 Å². The maximum atomic E-state index is 11.7. The van der Waals surface area contributed by atoms with Crippen molar-refractivity contribution < 1.29 is 9.53 Å². The van der Waals surface area contributed by atoms with E-state index in [-0.39, 0.29) is 11.9 Å². The van der Waals surface area contributed by atoms with Gasteiger partial charge in [-0.3, -0.25) is 4.79 Å². The van der Waals surface area contributed by atoms with Crippen LogP contribution in [0.25, 0.3) is 0 Å². The Balaban J connectivity index is 1.60. The Labute approximate surface area is 119 Å². The molecule has 1 aliphatic carbocycles. The fraction of sp³-hybridized carbons (Fsp3) is 0.667. The topological polar surface area (TPSA) is 55.3 Å². The van der Waals surface area contributed by atoms with Gasteiger partial charge in [0.25, 0.3) is 0 Å². The van der Waals surface area contributed by atoms with Crippen molar-refractivity contribution in [3.05, 3.63) is 18.1 Å². The van der Waals surface area contributed by atoms with Crippen LogP contribution in [0.5, 0.6) is 0 Å². The molecule has 3 rings (SSSR count). The van der Waals surface area contributed by atoms with Gasteiger partial charge < -0.3 is 9.64 Å². The van der Waals surface area contributed by atoms with E-state index in [0.717, 1.165) is 31.7 Å². The van der Waals surface area contributed by atoms with Crippen molar-refractivity contribution in [3.8, 4) is 0 Å². The van der Waals surface area contributed by atoms with Gasteiger partial charge in [-0.15, -0.1) is 0 Å². The molecule has 1 aromatic rings. The molecule has 0 amide bonds. The Bertz CT molecular complexity index is 480. The lowest BCUT2D eigenvalue weighted by atomic mass is 9.97. The minimum absolute atomic E-state index is 0.0477. The number of esters is 1. The SMILES string of the molecule is CCOC(=O)C1CCN(c2cc(C3CC3)ncn2)CC1. The first-order valence-corrected chi connectivity index (χ1v) is 7.51. The first-order valence-electron chi connectivity index (χ1n) is 7.51. The van der Waals surface area contributed by atoms with E-state index in [0.29, 0.717) is 12.5 Å². The molecule has 0 unspecified atom stereocenters. The Hall–Kier alpha value is -1.65. The van der Waals surface area contributed by atoms with Gasteiger partial charge in [-0.2, -0.15) is 0 Å². The molecule has 0 radical (unpaired) electrons. The summed E-state index contributed by atoms with van der Waals surface area (Å²) < 4.78 is 5.10. The van der Waals surface area contributed by atoms with Gasteiger partial charge >= 0.3 is 5.97 Å². The lowest BCUT2D eigenvalue weighted by molar-refractivity contribution is -0.148. The Morgan fingerprint density at radius 3 is 2.70 bits per heavy atom. The minimum Gasteiger partial charge on any atom is -0.466 e. The van der Waals surface area contributed by atoms with Crippen LogP contribution in [0.3, 0.4) is 0 Å². The van der Waals surface area contributed by atoms with Crippen LogP contribution in [0.2, 0.25) is 0 Å². The number of hydrogen-bond acceptors (Lipinski definition) is 5. The number of rotatable bonds is 4. The molecular formula is C15H21N3O2. The molecule has 5 nitrogen and oxygen atoms in total. The van der Waals surface area contributed by atoms with Crippen LogP contribution in [0.1, 0.15) is 44.2 Å². The quantitative estimate of drug-likeness (QED) is 0.788. The normalized spacial score (nSPS) is 19.9. The zero-order chi connectivity index (χ0) is 13.9. The van der Waals surface area contributed by atoms with Gasteiger partial charge in [-0.25, -0.2) is 9.97 Å². The summed E-state index contributed by atoms with van der Waals surface area (Å²) in [5, 5.41) is 0. The summed E-state index contributed by atoms with van der Waals surface area (Å²) in [6.07, 6.45) is 5.87. The summed E-state index contributed by atoms with van der Waals surface area (Å²) in [5.74, 6) is 1.66. The van der Waals surface area contributed by atoms with Crippen LogP contribution in [0, 0.1) is 5.92 Å². The summed E-state index contributed by atoms with van der Waals surface area (Å²) >= 11 is 0. The smallest absolute Gasteiger partial charge is 0.309 e. The Morgan fingerprint density at radius 2 is 2.05 bits per heavy atom. The number of anilines is 1. The second-order valence-electron chi connectivity index (χ2n) is 5.59. The lowest BCUT2D eigenvalue weighted by Gasteiger charge is -2.31. The molecule has 108 valence electrons. The maximum absolute atomic E-state index is 11.7. The zero-order valence-corrected chi connectivity index (χ0v) is 11.9. The summed E-state index contributed by atoms with van der Waals surface area (Å²) in [4.78, 5) is 22.7.